The third-order valence-corrected chi connectivity index (χ3v) is 4.85. The molecule has 4 nitrogen and oxygen atoms in total. The van der Waals surface area contributed by atoms with Gasteiger partial charge in [0, 0.05) is 12.8 Å². The molecule has 1 heterocycles. The van der Waals surface area contributed by atoms with Gasteiger partial charge in [0.15, 0.2) is 5.79 Å². The topological polar surface area (TPSA) is 36.9 Å². The van der Waals surface area contributed by atoms with E-state index in [9.17, 15) is 0 Å². The largest absolute Gasteiger partial charge is 0.497 e. The minimum Gasteiger partial charge on any atom is -0.497 e. The minimum absolute atomic E-state index is 0.386. The van der Waals surface area contributed by atoms with Gasteiger partial charge in [-0.15, -0.1) is 0 Å². The van der Waals surface area contributed by atoms with E-state index >= 15 is 0 Å². The highest BCUT2D eigenvalue weighted by Crippen LogP contribution is 2.36. The Morgan fingerprint density at radius 1 is 1.00 bits per heavy atom. The second kappa shape index (κ2) is 6.46. The van der Waals surface area contributed by atoms with Crippen molar-refractivity contribution in [1.29, 1.82) is 0 Å². The van der Waals surface area contributed by atoms with E-state index in [4.69, 9.17) is 18.9 Å². The molecule has 0 bridgehead atoms. The fourth-order valence-corrected chi connectivity index (χ4v) is 3.58. The van der Waals surface area contributed by atoms with Gasteiger partial charge in [-0.2, -0.15) is 0 Å². The molecule has 24 heavy (non-hydrogen) atoms. The molecule has 0 amide bonds. The molecule has 0 aromatic heterocycles. The molecular weight excluding hydrogens is 304 g/mol. The summed E-state index contributed by atoms with van der Waals surface area (Å²) in [6.45, 7) is 1.98. The number of ether oxygens (including phenoxy) is 4. The molecule has 2 aliphatic rings. The maximum absolute atomic E-state index is 5.96. The molecule has 1 spiro atoms. The summed E-state index contributed by atoms with van der Waals surface area (Å²) in [4.78, 5) is 0. The van der Waals surface area contributed by atoms with Crippen molar-refractivity contribution in [2.45, 2.75) is 31.7 Å². The normalized spacial score (nSPS) is 18.4. The number of fused-ring (bicyclic) bond motifs is 1. The number of hydrogen-bond acceptors (Lipinski definition) is 4. The van der Waals surface area contributed by atoms with Crippen LogP contribution in [0.1, 0.15) is 23.1 Å². The first-order chi connectivity index (χ1) is 11.8. The van der Waals surface area contributed by atoms with Gasteiger partial charge in [0.2, 0.25) is 0 Å². The minimum atomic E-state index is -0.386. The van der Waals surface area contributed by atoms with Crippen LogP contribution in [0.25, 0.3) is 0 Å². The molecule has 0 saturated carbocycles. The average Bonchev–Trinajstić information content (AvgIpc) is 3.07. The molecule has 0 atom stereocenters. The maximum Gasteiger partial charge on any atom is 0.172 e. The second-order valence-electron chi connectivity index (χ2n) is 6.30. The first kappa shape index (κ1) is 15.5. The predicted octanol–water partition coefficient (Wildman–Crippen LogP) is 3.51. The van der Waals surface area contributed by atoms with Crippen molar-refractivity contribution in [3.63, 3.8) is 0 Å². The lowest BCUT2D eigenvalue weighted by atomic mass is 9.85. The van der Waals surface area contributed by atoms with Crippen molar-refractivity contribution in [3.05, 3.63) is 59.2 Å². The summed E-state index contributed by atoms with van der Waals surface area (Å²) < 4.78 is 22.9. The van der Waals surface area contributed by atoms with Crippen LogP contribution in [0.5, 0.6) is 11.5 Å². The lowest BCUT2D eigenvalue weighted by molar-refractivity contribution is -0.163. The molecule has 2 aromatic carbocycles. The van der Waals surface area contributed by atoms with E-state index < -0.39 is 0 Å². The van der Waals surface area contributed by atoms with Crippen LogP contribution in [0, 0.1) is 0 Å². The highest BCUT2D eigenvalue weighted by atomic mass is 16.7. The Labute approximate surface area is 142 Å². The van der Waals surface area contributed by atoms with Gasteiger partial charge in [-0.25, -0.2) is 0 Å². The van der Waals surface area contributed by atoms with Crippen molar-refractivity contribution in [3.8, 4) is 11.5 Å². The summed E-state index contributed by atoms with van der Waals surface area (Å²) >= 11 is 0. The first-order valence-corrected chi connectivity index (χ1v) is 8.42. The van der Waals surface area contributed by atoms with Gasteiger partial charge in [0.25, 0.3) is 0 Å². The van der Waals surface area contributed by atoms with E-state index in [1.54, 1.807) is 7.11 Å². The smallest absolute Gasteiger partial charge is 0.172 e. The Morgan fingerprint density at radius 3 is 2.50 bits per heavy atom. The highest BCUT2D eigenvalue weighted by Gasteiger charge is 2.40. The lowest BCUT2D eigenvalue weighted by Crippen LogP contribution is -2.37. The zero-order valence-electron chi connectivity index (χ0n) is 13.9. The third-order valence-electron chi connectivity index (χ3n) is 4.85. The molecule has 126 valence electrons. The molecule has 1 saturated heterocycles. The van der Waals surface area contributed by atoms with Gasteiger partial charge in [0.1, 0.15) is 18.1 Å². The van der Waals surface area contributed by atoms with E-state index in [-0.39, 0.29) is 5.79 Å². The highest BCUT2D eigenvalue weighted by molar-refractivity contribution is 5.39. The lowest BCUT2D eigenvalue weighted by Gasteiger charge is -2.33. The summed E-state index contributed by atoms with van der Waals surface area (Å²) in [7, 11) is 1.66. The number of rotatable bonds is 4. The van der Waals surface area contributed by atoms with E-state index in [0.717, 1.165) is 30.8 Å². The number of hydrogen-bond donors (Lipinski definition) is 0. The van der Waals surface area contributed by atoms with Crippen LogP contribution in [0.3, 0.4) is 0 Å². The van der Waals surface area contributed by atoms with E-state index in [0.29, 0.717) is 19.8 Å². The van der Waals surface area contributed by atoms with Crippen LogP contribution in [0.4, 0.5) is 0 Å². The zero-order valence-corrected chi connectivity index (χ0v) is 13.9. The Morgan fingerprint density at radius 2 is 1.75 bits per heavy atom. The van der Waals surface area contributed by atoms with E-state index in [1.165, 1.54) is 16.7 Å². The van der Waals surface area contributed by atoms with Crippen LogP contribution in [0.15, 0.2) is 42.5 Å². The number of methoxy groups -OCH3 is 1. The Bertz CT molecular complexity index is 702. The average molecular weight is 326 g/mol. The molecule has 0 N–H and O–H groups in total. The fourth-order valence-electron chi connectivity index (χ4n) is 3.58. The molecule has 4 heteroatoms. The van der Waals surface area contributed by atoms with Gasteiger partial charge in [-0.05, 0) is 47.4 Å². The maximum atomic E-state index is 5.96. The summed E-state index contributed by atoms with van der Waals surface area (Å²) in [5, 5.41) is 0. The monoisotopic (exact) mass is 326 g/mol. The molecule has 2 aromatic rings. The van der Waals surface area contributed by atoms with Crippen LogP contribution in [0.2, 0.25) is 0 Å². The van der Waals surface area contributed by atoms with Crippen LogP contribution in [-0.4, -0.2) is 26.1 Å². The van der Waals surface area contributed by atoms with Crippen molar-refractivity contribution in [2.24, 2.45) is 0 Å². The Hall–Kier alpha value is -2.04. The molecule has 1 aliphatic carbocycles. The summed E-state index contributed by atoms with van der Waals surface area (Å²) in [6.07, 6.45) is 2.72. The quantitative estimate of drug-likeness (QED) is 0.862. The Balaban J connectivity index is 1.48. The van der Waals surface area contributed by atoms with Gasteiger partial charge < -0.3 is 18.9 Å². The van der Waals surface area contributed by atoms with E-state index in [1.807, 2.05) is 24.3 Å². The van der Waals surface area contributed by atoms with Crippen LogP contribution < -0.4 is 9.47 Å². The summed E-state index contributed by atoms with van der Waals surface area (Å²) in [6, 6.07) is 14.1. The summed E-state index contributed by atoms with van der Waals surface area (Å²) in [5.74, 6) is 1.30. The fraction of sp³-hybridized carbons (Fsp3) is 0.400. The van der Waals surface area contributed by atoms with E-state index in [2.05, 4.69) is 18.2 Å². The zero-order chi connectivity index (χ0) is 16.4. The van der Waals surface area contributed by atoms with Gasteiger partial charge in [-0.1, -0.05) is 18.2 Å². The van der Waals surface area contributed by atoms with Crippen LogP contribution in [-0.2, 0) is 28.9 Å². The molecule has 0 unspecified atom stereocenters. The number of benzene rings is 2. The van der Waals surface area contributed by atoms with Crippen LogP contribution >= 0.6 is 0 Å². The molecule has 1 fully saturated rings. The second-order valence-corrected chi connectivity index (χ2v) is 6.30. The third kappa shape index (κ3) is 2.99. The van der Waals surface area contributed by atoms with Gasteiger partial charge in [-0.3, -0.25) is 0 Å². The molecule has 4 rings (SSSR count). The van der Waals surface area contributed by atoms with Gasteiger partial charge >= 0.3 is 0 Å². The van der Waals surface area contributed by atoms with Crippen molar-refractivity contribution < 1.29 is 18.9 Å². The standard InChI is InChI=1S/C20H22O4/c1-21-17-5-7-18(8-6-17)22-14-16-4-2-3-15-13-20(10-9-19(15)16)23-11-12-24-20/h2-8H,9-14H2,1H3. The predicted molar refractivity (Wildman–Crippen MR) is 90.4 cm³/mol. The molecule has 1 aliphatic heterocycles. The first-order valence-electron chi connectivity index (χ1n) is 8.42. The van der Waals surface area contributed by atoms with Gasteiger partial charge in [0.05, 0.1) is 20.3 Å². The Kier molecular flexibility index (Phi) is 4.17. The van der Waals surface area contributed by atoms with Crippen molar-refractivity contribution >= 4 is 0 Å². The molecular formula is C20H22O4. The molecule has 0 radical (unpaired) electrons. The van der Waals surface area contributed by atoms with Crippen molar-refractivity contribution in [1.82, 2.24) is 0 Å². The van der Waals surface area contributed by atoms with Crippen molar-refractivity contribution in [2.75, 3.05) is 20.3 Å². The summed E-state index contributed by atoms with van der Waals surface area (Å²) in [5.41, 5.74) is 3.95. The SMILES string of the molecule is COc1ccc(OCc2cccc3c2CCC2(C3)OCCO2)cc1.